The second kappa shape index (κ2) is 6.84. The SMILES string of the molecule is Cc1ccc(-c2cc(C(=O)N3CCC[C@H](Cn4ccnc4)C3)n[nH]2)s1. The fourth-order valence-corrected chi connectivity index (χ4v) is 4.22. The number of thiophene rings is 1. The highest BCUT2D eigenvalue weighted by atomic mass is 32.1. The van der Waals surface area contributed by atoms with Gasteiger partial charge in [-0.25, -0.2) is 4.98 Å². The molecule has 1 saturated heterocycles. The van der Waals surface area contributed by atoms with Crippen LogP contribution < -0.4 is 0 Å². The van der Waals surface area contributed by atoms with Crippen molar-refractivity contribution in [2.24, 2.45) is 5.92 Å². The topological polar surface area (TPSA) is 66.8 Å². The molecule has 0 aromatic carbocycles. The van der Waals surface area contributed by atoms with E-state index >= 15 is 0 Å². The number of nitrogens with one attached hydrogen (secondary N) is 1. The van der Waals surface area contributed by atoms with Crippen molar-refractivity contribution in [3.63, 3.8) is 0 Å². The van der Waals surface area contributed by atoms with Crippen LogP contribution in [0.25, 0.3) is 10.6 Å². The summed E-state index contributed by atoms with van der Waals surface area (Å²) in [7, 11) is 0. The molecule has 25 heavy (non-hydrogen) atoms. The van der Waals surface area contributed by atoms with Gasteiger partial charge in [0.1, 0.15) is 0 Å². The molecule has 1 aliphatic rings. The number of nitrogens with zero attached hydrogens (tertiary/aromatic N) is 4. The van der Waals surface area contributed by atoms with Crippen LogP contribution in [0.5, 0.6) is 0 Å². The number of hydrogen-bond acceptors (Lipinski definition) is 4. The minimum absolute atomic E-state index is 0.0195. The van der Waals surface area contributed by atoms with Gasteiger partial charge in [-0.1, -0.05) is 0 Å². The smallest absolute Gasteiger partial charge is 0.274 e. The molecule has 0 aliphatic carbocycles. The van der Waals surface area contributed by atoms with E-state index in [1.54, 1.807) is 17.5 Å². The molecule has 1 amide bonds. The van der Waals surface area contributed by atoms with Gasteiger partial charge in [-0.05, 0) is 43.9 Å². The number of imidazole rings is 1. The Morgan fingerprint density at radius 3 is 3.12 bits per heavy atom. The Bertz CT molecular complexity index is 851. The molecule has 0 spiro atoms. The maximum Gasteiger partial charge on any atom is 0.274 e. The lowest BCUT2D eigenvalue weighted by Gasteiger charge is -2.32. The summed E-state index contributed by atoms with van der Waals surface area (Å²) in [6.45, 7) is 4.56. The van der Waals surface area contributed by atoms with Crippen molar-refractivity contribution >= 4 is 17.2 Å². The van der Waals surface area contributed by atoms with E-state index in [9.17, 15) is 4.79 Å². The van der Waals surface area contributed by atoms with Gasteiger partial charge < -0.3 is 9.47 Å². The Kier molecular flexibility index (Phi) is 4.40. The zero-order valence-electron chi connectivity index (χ0n) is 14.2. The lowest BCUT2D eigenvalue weighted by atomic mass is 9.97. The van der Waals surface area contributed by atoms with E-state index in [1.165, 1.54) is 4.88 Å². The van der Waals surface area contributed by atoms with Crippen molar-refractivity contribution in [1.29, 1.82) is 0 Å². The molecular formula is C18H21N5OS. The molecule has 3 aromatic heterocycles. The van der Waals surface area contributed by atoms with E-state index in [2.05, 4.69) is 38.8 Å². The minimum atomic E-state index is 0.0195. The van der Waals surface area contributed by atoms with Gasteiger partial charge in [0, 0.05) is 36.9 Å². The van der Waals surface area contributed by atoms with Crippen LogP contribution in [0.1, 0.15) is 28.2 Å². The number of piperidine rings is 1. The number of aromatic nitrogens is 4. The highest BCUT2D eigenvalue weighted by molar-refractivity contribution is 7.15. The molecule has 0 unspecified atom stereocenters. The third-order valence-corrected chi connectivity index (χ3v) is 5.67. The number of carbonyl (C=O) groups is 1. The molecule has 4 rings (SSSR count). The molecule has 4 heterocycles. The average Bonchev–Trinajstić information content (AvgIpc) is 3.35. The summed E-state index contributed by atoms with van der Waals surface area (Å²) in [5.41, 5.74) is 1.41. The molecular weight excluding hydrogens is 334 g/mol. The number of H-pyrrole nitrogens is 1. The van der Waals surface area contributed by atoms with Gasteiger partial charge >= 0.3 is 0 Å². The van der Waals surface area contributed by atoms with Crippen molar-refractivity contribution in [2.75, 3.05) is 13.1 Å². The van der Waals surface area contributed by atoms with Crippen LogP contribution in [-0.4, -0.2) is 43.6 Å². The quantitative estimate of drug-likeness (QED) is 0.781. The molecule has 3 aromatic rings. The Morgan fingerprint density at radius 1 is 1.44 bits per heavy atom. The van der Waals surface area contributed by atoms with E-state index in [0.717, 1.165) is 43.0 Å². The van der Waals surface area contributed by atoms with Crippen LogP contribution in [-0.2, 0) is 6.54 Å². The number of carbonyl (C=O) groups excluding carboxylic acids is 1. The average molecular weight is 355 g/mol. The molecule has 1 aliphatic heterocycles. The van der Waals surface area contributed by atoms with E-state index in [4.69, 9.17) is 0 Å². The monoisotopic (exact) mass is 355 g/mol. The van der Waals surface area contributed by atoms with Crippen molar-refractivity contribution in [3.05, 3.63) is 47.5 Å². The van der Waals surface area contributed by atoms with Crippen LogP contribution in [0.3, 0.4) is 0 Å². The van der Waals surface area contributed by atoms with E-state index < -0.39 is 0 Å². The van der Waals surface area contributed by atoms with Gasteiger partial charge in [-0.3, -0.25) is 9.89 Å². The highest BCUT2D eigenvalue weighted by Gasteiger charge is 2.26. The predicted octanol–water partition coefficient (Wildman–Crippen LogP) is 3.20. The van der Waals surface area contributed by atoms with E-state index in [1.807, 2.05) is 23.5 Å². The summed E-state index contributed by atoms with van der Waals surface area (Å²) >= 11 is 1.70. The standard InChI is InChI=1S/C18H21N5OS/c1-13-4-5-17(25-13)15-9-16(21-20-15)18(24)23-7-2-3-14(11-23)10-22-8-6-19-12-22/h4-6,8-9,12,14H,2-3,7,10-11H2,1H3,(H,20,21)/t14-/m1/s1. The molecule has 130 valence electrons. The molecule has 0 saturated carbocycles. The highest BCUT2D eigenvalue weighted by Crippen LogP contribution is 2.27. The molecule has 0 radical (unpaired) electrons. The van der Waals surface area contributed by atoms with Gasteiger partial charge in [-0.15, -0.1) is 11.3 Å². The molecule has 1 fully saturated rings. The normalized spacial score (nSPS) is 17.8. The largest absolute Gasteiger partial charge is 0.337 e. The molecule has 1 atom stereocenters. The van der Waals surface area contributed by atoms with Crippen molar-refractivity contribution in [2.45, 2.75) is 26.3 Å². The number of aryl methyl sites for hydroxylation is 1. The summed E-state index contributed by atoms with van der Waals surface area (Å²) in [6.07, 6.45) is 7.78. The third-order valence-electron chi connectivity index (χ3n) is 4.64. The first-order chi connectivity index (χ1) is 12.2. The van der Waals surface area contributed by atoms with Gasteiger partial charge in [0.25, 0.3) is 5.91 Å². The van der Waals surface area contributed by atoms with Gasteiger partial charge in [0.15, 0.2) is 5.69 Å². The van der Waals surface area contributed by atoms with Crippen LogP contribution in [0, 0.1) is 12.8 Å². The zero-order valence-corrected chi connectivity index (χ0v) is 15.0. The van der Waals surface area contributed by atoms with Gasteiger partial charge in [0.2, 0.25) is 0 Å². The van der Waals surface area contributed by atoms with E-state index in [0.29, 0.717) is 11.6 Å². The maximum absolute atomic E-state index is 12.8. The third kappa shape index (κ3) is 3.51. The molecule has 7 heteroatoms. The van der Waals surface area contributed by atoms with Gasteiger partial charge in [0.05, 0.1) is 16.9 Å². The lowest BCUT2D eigenvalue weighted by Crippen LogP contribution is -2.41. The second-order valence-corrected chi connectivity index (χ2v) is 7.88. The fourth-order valence-electron chi connectivity index (χ4n) is 3.39. The van der Waals surface area contributed by atoms with Crippen molar-refractivity contribution in [3.8, 4) is 10.6 Å². The van der Waals surface area contributed by atoms with Crippen molar-refractivity contribution in [1.82, 2.24) is 24.6 Å². The summed E-state index contributed by atoms with van der Waals surface area (Å²) in [4.78, 5) is 21.2. The Balaban J connectivity index is 1.44. The first-order valence-electron chi connectivity index (χ1n) is 8.56. The Morgan fingerprint density at radius 2 is 2.36 bits per heavy atom. The Hall–Kier alpha value is -2.41. The lowest BCUT2D eigenvalue weighted by molar-refractivity contribution is 0.0656. The van der Waals surface area contributed by atoms with Crippen LogP contribution in [0.2, 0.25) is 0 Å². The fraction of sp³-hybridized carbons (Fsp3) is 0.389. The number of amides is 1. The zero-order chi connectivity index (χ0) is 17.2. The second-order valence-electron chi connectivity index (χ2n) is 6.60. The molecule has 0 bridgehead atoms. The van der Waals surface area contributed by atoms with Crippen LogP contribution in [0.4, 0.5) is 0 Å². The minimum Gasteiger partial charge on any atom is -0.337 e. The summed E-state index contributed by atoms with van der Waals surface area (Å²) < 4.78 is 2.09. The summed E-state index contributed by atoms with van der Waals surface area (Å²) in [5.74, 6) is 0.483. The number of aromatic amines is 1. The molecule has 6 nitrogen and oxygen atoms in total. The number of rotatable bonds is 4. The van der Waals surface area contributed by atoms with Crippen LogP contribution >= 0.6 is 11.3 Å². The maximum atomic E-state index is 12.8. The van der Waals surface area contributed by atoms with Crippen molar-refractivity contribution < 1.29 is 4.79 Å². The predicted molar refractivity (Wildman–Crippen MR) is 97.5 cm³/mol. The van der Waals surface area contributed by atoms with Crippen LogP contribution in [0.15, 0.2) is 36.9 Å². The van der Waals surface area contributed by atoms with Gasteiger partial charge in [-0.2, -0.15) is 5.10 Å². The first-order valence-corrected chi connectivity index (χ1v) is 9.38. The summed E-state index contributed by atoms with van der Waals surface area (Å²) in [6, 6.07) is 6.00. The Labute approximate surface area is 150 Å². The summed E-state index contributed by atoms with van der Waals surface area (Å²) in [5, 5.41) is 7.26. The van der Waals surface area contributed by atoms with E-state index in [-0.39, 0.29) is 5.91 Å². The number of hydrogen-bond donors (Lipinski definition) is 1. The number of likely N-dealkylation sites (tertiary alicyclic amines) is 1. The first kappa shape index (κ1) is 16.1. The molecule has 1 N–H and O–H groups in total.